The van der Waals surface area contributed by atoms with Crippen molar-refractivity contribution in [3.05, 3.63) is 23.8 Å². The zero-order valence-corrected chi connectivity index (χ0v) is 7.74. The normalized spacial score (nSPS) is 17.0. The van der Waals surface area contributed by atoms with Gasteiger partial charge >= 0.3 is 0 Å². The van der Waals surface area contributed by atoms with Gasteiger partial charge in [0.15, 0.2) is 0 Å². The molecule has 70 valence electrons. The molecule has 1 saturated carbocycles. The molecule has 0 bridgehead atoms. The fourth-order valence-corrected chi connectivity index (χ4v) is 1.56. The summed E-state index contributed by atoms with van der Waals surface area (Å²) in [5.74, 6) is 1.65. The van der Waals surface area contributed by atoms with Crippen molar-refractivity contribution in [2.75, 3.05) is 6.54 Å². The van der Waals surface area contributed by atoms with Gasteiger partial charge in [-0.15, -0.1) is 0 Å². The maximum atomic E-state index is 5.47. The fourth-order valence-electron chi connectivity index (χ4n) is 1.56. The predicted octanol–water partition coefficient (Wildman–Crippen LogP) is 1.25. The summed E-state index contributed by atoms with van der Waals surface area (Å²) in [5.41, 5.74) is 6.56. The van der Waals surface area contributed by atoms with Gasteiger partial charge in [0, 0.05) is 24.2 Å². The van der Waals surface area contributed by atoms with Crippen molar-refractivity contribution in [1.29, 1.82) is 0 Å². The van der Waals surface area contributed by atoms with Crippen LogP contribution in [0.2, 0.25) is 0 Å². The monoisotopic (exact) mass is 177 g/mol. The van der Waals surface area contributed by atoms with Gasteiger partial charge in [0.2, 0.25) is 0 Å². The van der Waals surface area contributed by atoms with Crippen LogP contribution in [0.25, 0.3) is 0 Å². The van der Waals surface area contributed by atoms with Gasteiger partial charge < -0.3 is 5.73 Å². The summed E-state index contributed by atoms with van der Waals surface area (Å²) >= 11 is 0. The molecule has 3 nitrogen and oxygen atoms in total. The molecule has 0 aromatic carbocycles. The van der Waals surface area contributed by atoms with Crippen molar-refractivity contribution in [1.82, 2.24) is 9.97 Å². The van der Waals surface area contributed by atoms with Crippen LogP contribution >= 0.6 is 0 Å². The Morgan fingerprint density at radius 3 is 2.92 bits per heavy atom. The minimum absolute atomic E-state index is 0.623. The average Bonchev–Trinajstić information content (AvgIpc) is 2.02. The molecule has 1 aromatic rings. The first kappa shape index (κ1) is 8.63. The summed E-state index contributed by atoms with van der Waals surface area (Å²) in [6, 6.07) is 1.95. The van der Waals surface area contributed by atoms with E-state index in [4.69, 9.17) is 5.73 Å². The van der Waals surface area contributed by atoms with E-state index in [9.17, 15) is 0 Å². The van der Waals surface area contributed by atoms with Crippen LogP contribution < -0.4 is 5.73 Å². The topological polar surface area (TPSA) is 51.8 Å². The molecule has 0 saturated heterocycles. The molecule has 1 aliphatic rings. The molecule has 13 heavy (non-hydrogen) atoms. The minimum atomic E-state index is 0.623. The predicted molar refractivity (Wildman–Crippen MR) is 51.4 cm³/mol. The third kappa shape index (κ3) is 1.86. The zero-order chi connectivity index (χ0) is 9.10. The van der Waals surface area contributed by atoms with Crippen molar-refractivity contribution in [3.63, 3.8) is 0 Å². The van der Waals surface area contributed by atoms with Crippen LogP contribution in [0.5, 0.6) is 0 Å². The van der Waals surface area contributed by atoms with E-state index in [0.717, 1.165) is 17.9 Å². The standard InChI is InChI=1S/C10H15N3/c11-6-4-9-5-7-12-10(13-9)8-2-1-3-8/h5,7-8H,1-4,6,11H2. The van der Waals surface area contributed by atoms with Gasteiger partial charge in [-0.2, -0.15) is 0 Å². The Morgan fingerprint density at radius 2 is 2.31 bits per heavy atom. The van der Waals surface area contributed by atoms with Crippen LogP contribution in [0.3, 0.4) is 0 Å². The van der Waals surface area contributed by atoms with Gasteiger partial charge in [-0.25, -0.2) is 9.97 Å². The van der Waals surface area contributed by atoms with E-state index in [1.165, 1.54) is 19.3 Å². The Morgan fingerprint density at radius 1 is 1.46 bits per heavy atom. The highest BCUT2D eigenvalue weighted by molar-refractivity contribution is 5.08. The van der Waals surface area contributed by atoms with E-state index in [1.54, 1.807) is 0 Å². The van der Waals surface area contributed by atoms with E-state index in [2.05, 4.69) is 9.97 Å². The van der Waals surface area contributed by atoms with Gasteiger partial charge in [0.25, 0.3) is 0 Å². The highest BCUT2D eigenvalue weighted by Crippen LogP contribution is 2.33. The van der Waals surface area contributed by atoms with Crippen LogP contribution in [0.4, 0.5) is 0 Å². The molecule has 0 spiro atoms. The summed E-state index contributed by atoms with van der Waals surface area (Å²) in [4.78, 5) is 8.79. The highest BCUT2D eigenvalue weighted by Gasteiger charge is 2.21. The van der Waals surface area contributed by atoms with Crippen LogP contribution in [0.1, 0.15) is 36.7 Å². The lowest BCUT2D eigenvalue weighted by Crippen LogP contribution is -2.14. The lowest BCUT2D eigenvalue weighted by molar-refractivity contribution is 0.400. The van der Waals surface area contributed by atoms with Crippen LogP contribution in [-0.2, 0) is 6.42 Å². The van der Waals surface area contributed by atoms with Crippen LogP contribution in [0, 0.1) is 0 Å². The van der Waals surface area contributed by atoms with Gasteiger partial charge in [0.05, 0.1) is 0 Å². The molecule has 1 aromatic heterocycles. The molecule has 3 heteroatoms. The van der Waals surface area contributed by atoms with Crippen LogP contribution in [0.15, 0.2) is 12.3 Å². The Balaban J connectivity index is 2.11. The quantitative estimate of drug-likeness (QED) is 0.755. The second-order valence-corrected chi connectivity index (χ2v) is 3.57. The van der Waals surface area contributed by atoms with Crippen molar-refractivity contribution < 1.29 is 0 Å². The van der Waals surface area contributed by atoms with Crippen molar-refractivity contribution in [3.8, 4) is 0 Å². The number of nitrogens with two attached hydrogens (primary N) is 1. The van der Waals surface area contributed by atoms with Gasteiger partial charge in [-0.1, -0.05) is 6.42 Å². The van der Waals surface area contributed by atoms with Gasteiger partial charge in [-0.05, 0) is 25.5 Å². The molecular formula is C10H15N3. The summed E-state index contributed by atoms with van der Waals surface area (Å²) in [6.45, 7) is 0.668. The second-order valence-electron chi connectivity index (χ2n) is 3.57. The number of aromatic nitrogens is 2. The lowest BCUT2D eigenvalue weighted by Gasteiger charge is -2.23. The first-order valence-corrected chi connectivity index (χ1v) is 4.92. The largest absolute Gasteiger partial charge is 0.330 e. The molecule has 0 radical (unpaired) electrons. The van der Waals surface area contributed by atoms with Crippen molar-refractivity contribution in [2.45, 2.75) is 31.6 Å². The Labute approximate surface area is 78.4 Å². The second kappa shape index (κ2) is 3.83. The molecular weight excluding hydrogens is 162 g/mol. The lowest BCUT2D eigenvalue weighted by atomic mass is 9.85. The maximum Gasteiger partial charge on any atom is 0.131 e. The van der Waals surface area contributed by atoms with Crippen molar-refractivity contribution >= 4 is 0 Å². The Hall–Kier alpha value is -0.960. The smallest absolute Gasteiger partial charge is 0.131 e. The molecule has 2 rings (SSSR count). The number of hydrogen-bond donors (Lipinski definition) is 1. The van der Waals surface area contributed by atoms with E-state index < -0.39 is 0 Å². The molecule has 2 N–H and O–H groups in total. The maximum absolute atomic E-state index is 5.47. The first-order chi connectivity index (χ1) is 6.40. The molecule has 1 fully saturated rings. The molecule has 1 aliphatic carbocycles. The third-order valence-corrected chi connectivity index (χ3v) is 2.60. The molecule has 0 atom stereocenters. The average molecular weight is 177 g/mol. The van der Waals surface area contributed by atoms with Crippen molar-refractivity contribution in [2.24, 2.45) is 5.73 Å². The number of nitrogens with zero attached hydrogens (tertiary/aromatic N) is 2. The molecule has 1 heterocycles. The van der Waals surface area contributed by atoms with E-state index in [-0.39, 0.29) is 0 Å². The first-order valence-electron chi connectivity index (χ1n) is 4.92. The SMILES string of the molecule is NCCc1ccnc(C2CCC2)n1. The summed E-state index contributed by atoms with van der Waals surface area (Å²) in [5, 5.41) is 0. The highest BCUT2D eigenvalue weighted by atomic mass is 14.9. The zero-order valence-electron chi connectivity index (χ0n) is 7.74. The van der Waals surface area contributed by atoms with E-state index in [0.29, 0.717) is 12.5 Å². The molecule has 0 unspecified atom stereocenters. The fraction of sp³-hybridized carbons (Fsp3) is 0.600. The summed E-state index contributed by atoms with van der Waals surface area (Å²) in [6.07, 6.45) is 6.56. The number of hydrogen-bond acceptors (Lipinski definition) is 3. The molecule has 0 amide bonds. The Bertz CT molecular complexity index is 281. The van der Waals surface area contributed by atoms with E-state index >= 15 is 0 Å². The summed E-state index contributed by atoms with van der Waals surface area (Å²) < 4.78 is 0. The molecule has 0 aliphatic heterocycles. The Kier molecular flexibility index (Phi) is 2.54. The van der Waals surface area contributed by atoms with Gasteiger partial charge in [0.1, 0.15) is 5.82 Å². The number of rotatable bonds is 3. The minimum Gasteiger partial charge on any atom is -0.330 e. The summed E-state index contributed by atoms with van der Waals surface area (Å²) in [7, 11) is 0. The van der Waals surface area contributed by atoms with E-state index in [1.807, 2.05) is 12.3 Å². The van der Waals surface area contributed by atoms with Gasteiger partial charge in [-0.3, -0.25) is 0 Å². The van der Waals surface area contributed by atoms with Crippen LogP contribution in [-0.4, -0.2) is 16.5 Å². The third-order valence-electron chi connectivity index (χ3n) is 2.60.